The second-order valence-corrected chi connectivity index (χ2v) is 5.51. The molecule has 20 heavy (non-hydrogen) atoms. The van der Waals surface area contributed by atoms with E-state index in [1.54, 1.807) is 4.90 Å². The van der Waals surface area contributed by atoms with Crippen molar-refractivity contribution in [3.05, 3.63) is 35.9 Å². The van der Waals surface area contributed by atoms with E-state index in [2.05, 4.69) is 0 Å². The molecule has 1 unspecified atom stereocenters. The molecule has 1 fully saturated rings. The second-order valence-electron chi connectivity index (χ2n) is 5.04. The lowest BCUT2D eigenvalue weighted by molar-refractivity contribution is -0.133. The third-order valence-corrected chi connectivity index (χ3v) is 3.99. The van der Waals surface area contributed by atoms with Crippen molar-refractivity contribution in [2.45, 2.75) is 24.8 Å². The van der Waals surface area contributed by atoms with Crippen molar-refractivity contribution in [3.63, 3.8) is 0 Å². The molecule has 0 spiro atoms. The van der Waals surface area contributed by atoms with Crippen LogP contribution >= 0.6 is 12.2 Å². The number of hydrogen-bond donors (Lipinski definition) is 1. The van der Waals surface area contributed by atoms with Gasteiger partial charge >= 0.3 is 0 Å². The predicted molar refractivity (Wildman–Crippen MR) is 82.6 cm³/mol. The summed E-state index contributed by atoms with van der Waals surface area (Å²) < 4.78 is 5.33. The lowest BCUT2D eigenvalue weighted by Crippen LogP contribution is -2.45. The summed E-state index contributed by atoms with van der Waals surface area (Å²) in [5.41, 5.74) is 6.65. The van der Waals surface area contributed by atoms with Gasteiger partial charge in [-0.1, -0.05) is 42.5 Å². The Morgan fingerprint density at radius 1 is 1.35 bits per heavy atom. The molecule has 1 heterocycles. The Balaban J connectivity index is 2.17. The van der Waals surface area contributed by atoms with Crippen LogP contribution < -0.4 is 5.73 Å². The molecular weight excluding hydrogens is 272 g/mol. The van der Waals surface area contributed by atoms with E-state index in [-0.39, 0.29) is 16.9 Å². The van der Waals surface area contributed by atoms with Gasteiger partial charge in [-0.15, -0.1) is 0 Å². The fraction of sp³-hybridized carbons (Fsp3) is 0.467. The third kappa shape index (κ3) is 3.35. The minimum absolute atomic E-state index is 0.0319. The Morgan fingerprint density at radius 2 is 1.95 bits per heavy atom. The van der Waals surface area contributed by atoms with Gasteiger partial charge in [0, 0.05) is 26.3 Å². The van der Waals surface area contributed by atoms with E-state index in [1.807, 2.05) is 37.4 Å². The maximum atomic E-state index is 12.7. The van der Waals surface area contributed by atoms with Crippen LogP contribution in [0.3, 0.4) is 0 Å². The SMILES string of the molecule is CN(C(=O)C(C(N)=S)c1ccccc1)C1CCOCC1. The molecule has 0 aliphatic carbocycles. The Hall–Kier alpha value is -1.46. The van der Waals surface area contributed by atoms with E-state index >= 15 is 0 Å². The van der Waals surface area contributed by atoms with Gasteiger partial charge in [0.1, 0.15) is 5.92 Å². The molecule has 0 radical (unpaired) electrons. The number of likely N-dealkylation sites (N-methyl/N-ethyl adjacent to an activating group) is 1. The van der Waals surface area contributed by atoms with E-state index in [4.69, 9.17) is 22.7 Å². The molecule has 5 heteroatoms. The highest BCUT2D eigenvalue weighted by Gasteiger charge is 2.30. The van der Waals surface area contributed by atoms with Gasteiger partial charge in [0.2, 0.25) is 5.91 Å². The lowest BCUT2D eigenvalue weighted by atomic mass is 9.96. The predicted octanol–water partition coefficient (Wildman–Crippen LogP) is 1.69. The first-order valence-corrected chi connectivity index (χ1v) is 7.20. The van der Waals surface area contributed by atoms with Crippen LogP contribution in [0.5, 0.6) is 0 Å². The van der Waals surface area contributed by atoms with Crippen LogP contribution in [0, 0.1) is 0 Å². The quantitative estimate of drug-likeness (QED) is 0.858. The fourth-order valence-corrected chi connectivity index (χ4v) is 2.77. The zero-order valence-corrected chi connectivity index (χ0v) is 12.4. The highest BCUT2D eigenvalue weighted by molar-refractivity contribution is 7.80. The molecule has 1 aliphatic heterocycles. The molecule has 1 aromatic carbocycles. The number of amides is 1. The average Bonchev–Trinajstić information content (AvgIpc) is 2.48. The first-order valence-electron chi connectivity index (χ1n) is 6.80. The van der Waals surface area contributed by atoms with E-state index in [0.717, 1.165) is 18.4 Å². The zero-order chi connectivity index (χ0) is 14.5. The van der Waals surface area contributed by atoms with Gasteiger partial charge in [0.15, 0.2) is 0 Å². The second kappa shape index (κ2) is 6.81. The van der Waals surface area contributed by atoms with Gasteiger partial charge in [-0.25, -0.2) is 0 Å². The maximum Gasteiger partial charge on any atom is 0.236 e. The minimum Gasteiger partial charge on any atom is -0.392 e. The molecule has 1 atom stereocenters. The summed E-state index contributed by atoms with van der Waals surface area (Å²) in [6.07, 6.45) is 1.72. The Bertz CT molecular complexity index is 472. The van der Waals surface area contributed by atoms with Crippen molar-refractivity contribution in [2.75, 3.05) is 20.3 Å². The Kier molecular flexibility index (Phi) is 5.09. The molecule has 2 rings (SSSR count). The van der Waals surface area contributed by atoms with Crippen LogP contribution in [-0.4, -0.2) is 42.1 Å². The molecule has 1 aliphatic rings. The molecule has 1 saturated heterocycles. The van der Waals surface area contributed by atoms with E-state index in [0.29, 0.717) is 13.2 Å². The van der Waals surface area contributed by atoms with Crippen LogP contribution in [0.1, 0.15) is 24.3 Å². The van der Waals surface area contributed by atoms with Crippen molar-refractivity contribution < 1.29 is 9.53 Å². The number of nitrogens with zero attached hydrogens (tertiary/aromatic N) is 1. The smallest absolute Gasteiger partial charge is 0.236 e. The monoisotopic (exact) mass is 292 g/mol. The molecular formula is C15H20N2O2S. The highest BCUT2D eigenvalue weighted by atomic mass is 32.1. The number of thiocarbonyl (C=S) groups is 1. The van der Waals surface area contributed by atoms with Crippen molar-refractivity contribution in [1.29, 1.82) is 0 Å². The molecule has 1 amide bonds. The summed E-state index contributed by atoms with van der Waals surface area (Å²) in [6.45, 7) is 1.40. The van der Waals surface area contributed by atoms with E-state index in [9.17, 15) is 4.79 Å². The fourth-order valence-electron chi connectivity index (χ4n) is 2.53. The van der Waals surface area contributed by atoms with Gasteiger partial charge in [0.25, 0.3) is 0 Å². The van der Waals surface area contributed by atoms with Gasteiger partial charge in [-0.05, 0) is 18.4 Å². The van der Waals surface area contributed by atoms with Gasteiger partial charge < -0.3 is 15.4 Å². The molecule has 0 saturated carbocycles. The van der Waals surface area contributed by atoms with Crippen LogP contribution in [0.4, 0.5) is 0 Å². The molecule has 4 nitrogen and oxygen atoms in total. The van der Waals surface area contributed by atoms with Gasteiger partial charge in [0.05, 0.1) is 4.99 Å². The largest absolute Gasteiger partial charge is 0.392 e. The number of benzene rings is 1. The average molecular weight is 292 g/mol. The summed E-state index contributed by atoms with van der Waals surface area (Å²) >= 11 is 5.10. The number of ether oxygens (including phenoxy) is 1. The third-order valence-electron chi connectivity index (χ3n) is 3.75. The number of rotatable bonds is 4. The van der Waals surface area contributed by atoms with Gasteiger partial charge in [-0.3, -0.25) is 4.79 Å². The van der Waals surface area contributed by atoms with Crippen molar-refractivity contribution in [3.8, 4) is 0 Å². The van der Waals surface area contributed by atoms with Crippen molar-refractivity contribution in [2.24, 2.45) is 5.73 Å². The summed E-state index contributed by atoms with van der Waals surface area (Å²) in [5, 5.41) is 0. The summed E-state index contributed by atoms with van der Waals surface area (Å²) in [6, 6.07) is 9.67. The minimum atomic E-state index is -0.543. The zero-order valence-electron chi connectivity index (χ0n) is 11.6. The Labute approximate surface area is 124 Å². The molecule has 1 aromatic rings. The van der Waals surface area contributed by atoms with E-state index in [1.165, 1.54) is 0 Å². The van der Waals surface area contributed by atoms with Gasteiger partial charge in [-0.2, -0.15) is 0 Å². The Morgan fingerprint density at radius 3 is 2.50 bits per heavy atom. The number of carbonyl (C=O) groups excluding carboxylic acids is 1. The van der Waals surface area contributed by atoms with Crippen molar-refractivity contribution in [1.82, 2.24) is 4.90 Å². The first-order chi connectivity index (χ1) is 9.61. The normalized spacial score (nSPS) is 17.4. The molecule has 0 aromatic heterocycles. The maximum absolute atomic E-state index is 12.7. The first kappa shape index (κ1) is 14.9. The topological polar surface area (TPSA) is 55.6 Å². The molecule has 0 bridgehead atoms. The van der Waals surface area contributed by atoms with E-state index < -0.39 is 5.92 Å². The van der Waals surface area contributed by atoms with Crippen LogP contribution in [0.25, 0.3) is 0 Å². The highest BCUT2D eigenvalue weighted by Crippen LogP contribution is 2.22. The summed E-state index contributed by atoms with van der Waals surface area (Å²) in [7, 11) is 1.83. The van der Waals surface area contributed by atoms with Crippen LogP contribution in [0.2, 0.25) is 0 Å². The number of nitrogens with two attached hydrogens (primary N) is 1. The van der Waals surface area contributed by atoms with Crippen LogP contribution in [0.15, 0.2) is 30.3 Å². The lowest BCUT2D eigenvalue weighted by Gasteiger charge is -2.33. The summed E-state index contributed by atoms with van der Waals surface area (Å²) in [4.78, 5) is 14.7. The summed E-state index contributed by atoms with van der Waals surface area (Å²) in [5.74, 6) is -0.574. The van der Waals surface area contributed by atoms with Crippen molar-refractivity contribution >= 4 is 23.1 Å². The molecule has 108 valence electrons. The molecule has 2 N–H and O–H groups in total. The standard InChI is InChI=1S/C15H20N2O2S/c1-17(12-7-9-19-10-8-12)15(18)13(14(16)20)11-5-3-2-4-6-11/h2-6,12-13H,7-10H2,1H3,(H2,16,20). The number of carbonyl (C=O) groups is 1. The van der Waals surface area contributed by atoms with Crippen LogP contribution in [-0.2, 0) is 9.53 Å². The number of hydrogen-bond acceptors (Lipinski definition) is 3.